The predicted octanol–water partition coefficient (Wildman–Crippen LogP) is 18.4. The number of allylic oxidation sites excluding steroid dienone is 24. The van der Waals surface area contributed by atoms with E-state index in [1.165, 1.54) is 38.5 Å². The van der Waals surface area contributed by atoms with Crippen LogP contribution in [0.1, 0.15) is 213 Å². The van der Waals surface area contributed by atoms with E-state index in [0.29, 0.717) is 19.3 Å². The molecule has 386 valence electrons. The minimum absolute atomic E-state index is 0.129. The van der Waals surface area contributed by atoms with E-state index in [4.69, 9.17) is 14.2 Å². The lowest BCUT2D eigenvalue weighted by Crippen LogP contribution is -2.30. The number of unbranched alkanes of at least 4 members (excludes halogenated alkanes) is 12. The van der Waals surface area contributed by atoms with Crippen LogP contribution in [-0.2, 0) is 28.6 Å². The summed E-state index contributed by atoms with van der Waals surface area (Å²) >= 11 is 0. The quantitative estimate of drug-likeness (QED) is 0.0262. The number of hydrogen-bond acceptors (Lipinski definition) is 6. The molecule has 0 bridgehead atoms. The molecule has 0 aromatic rings. The van der Waals surface area contributed by atoms with Gasteiger partial charge in [0.1, 0.15) is 13.2 Å². The molecule has 6 nitrogen and oxygen atoms in total. The lowest BCUT2D eigenvalue weighted by atomic mass is 10.1. The summed E-state index contributed by atoms with van der Waals surface area (Å²) in [7, 11) is 0. The summed E-state index contributed by atoms with van der Waals surface area (Å²) in [5.41, 5.74) is 0. The second kappa shape index (κ2) is 55.9. The van der Waals surface area contributed by atoms with Crippen molar-refractivity contribution in [2.75, 3.05) is 13.2 Å². The van der Waals surface area contributed by atoms with Crippen molar-refractivity contribution in [3.8, 4) is 0 Å². The Labute approximate surface area is 423 Å². The Morgan fingerprint density at radius 3 is 0.986 bits per heavy atom. The van der Waals surface area contributed by atoms with Crippen molar-refractivity contribution in [3.63, 3.8) is 0 Å². The van der Waals surface area contributed by atoms with Crippen molar-refractivity contribution < 1.29 is 28.6 Å². The topological polar surface area (TPSA) is 78.9 Å². The highest BCUT2D eigenvalue weighted by molar-refractivity contribution is 5.71. The molecule has 0 aliphatic carbocycles. The van der Waals surface area contributed by atoms with Crippen molar-refractivity contribution in [1.82, 2.24) is 0 Å². The van der Waals surface area contributed by atoms with Crippen molar-refractivity contribution in [1.29, 1.82) is 0 Å². The van der Waals surface area contributed by atoms with Crippen LogP contribution in [0.15, 0.2) is 146 Å². The first-order chi connectivity index (χ1) is 34.0. The summed E-state index contributed by atoms with van der Waals surface area (Å²) in [6.45, 7) is 6.28. The zero-order valence-corrected chi connectivity index (χ0v) is 44.0. The third kappa shape index (κ3) is 54.1. The Balaban J connectivity index is 4.61. The smallest absolute Gasteiger partial charge is 0.306 e. The number of ether oxygens (including phenoxy) is 3. The maximum Gasteiger partial charge on any atom is 0.306 e. The maximum atomic E-state index is 12.8. The van der Waals surface area contributed by atoms with Crippen molar-refractivity contribution in [2.45, 2.75) is 219 Å². The Bertz CT molecular complexity index is 1560. The average molecular weight is 951 g/mol. The Kier molecular flexibility index (Phi) is 52.1. The molecule has 0 saturated heterocycles. The fraction of sp³-hybridized carbons (Fsp3) is 0.571. The molecule has 0 radical (unpaired) electrons. The molecule has 0 aromatic heterocycles. The van der Waals surface area contributed by atoms with Crippen LogP contribution in [0.3, 0.4) is 0 Å². The first-order valence-electron chi connectivity index (χ1n) is 27.3. The highest BCUT2D eigenvalue weighted by atomic mass is 16.6. The van der Waals surface area contributed by atoms with Gasteiger partial charge in [-0.2, -0.15) is 0 Å². The lowest BCUT2D eigenvalue weighted by Gasteiger charge is -2.18. The summed E-state index contributed by atoms with van der Waals surface area (Å²) in [6.07, 6.45) is 79.9. The van der Waals surface area contributed by atoms with Gasteiger partial charge in [-0.15, -0.1) is 0 Å². The van der Waals surface area contributed by atoms with Crippen LogP contribution < -0.4 is 0 Å². The number of hydrogen-bond donors (Lipinski definition) is 0. The number of rotatable bonds is 47. The van der Waals surface area contributed by atoms with Gasteiger partial charge < -0.3 is 14.2 Å². The minimum Gasteiger partial charge on any atom is -0.462 e. The van der Waals surface area contributed by atoms with E-state index in [-0.39, 0.29) is 44.0 Å². The van der Waals surface area contributed by atoms with Crippen LogP contribution in [-0.4, -0.2) is 37.2 Å². The highest BCUT2D eigenvalue weighted by Gasteiger charge is 2.19. The molecule has 1 atom stereocenters. The Morgan fingerprint density at radius 1 is 0.304 bits per heavy atom. The SMILES string of the molecule is CC/C=C\C/C=C\C/C=C\C/C=C\C/C=C\C/C=C\CCC(=O)OCC(COC(=O)CCCCC/C=C\CCCCCCCC)OC(=O)CCCCC/C=C\C/C=C\C/C=C\C/C=C\C/C=C\CC. The molecule has 0 saturated carbocycles. The molecule has 0 spiro atoms. The van der Waals surface area contributed by atoms with E-state index < -0.39 is 6.10 Å². The number of esters is 3. The molecule has 69 heavy (non-hydrogen) atoms. The number of carbonyl (C=O) groups is 3. The summed E-state index contributed by atoms with van der Waals surface area (Å²) < 4.78 is 16.7. The third-order valence-corrected chi connectivity index (χ3v) is 10.8. The first-order valence-corrected chi connectivity index (χ1v) is 27.3. The van der Waals surface area contributed by atoms with Crippen molar-refractivity contribution in [3.05, 3.63) is 146 Å². The van der Waals surface area contributed by atoms with Crippen LogP contribution in [0.4, 0.5) is 0 Å². The monoisotopic (exact) mass is 951 g/mol. The average Bonchev–Trinajstić information content (AvgIpc) is 3.35. The van der Waals surface area contributed by atoms with E-state index in [0.717, 1.165) is 122 Å². The largest absolute Gasteiger partial charge is 0.462 e. The molecule has 0 aliphatic rings. The van der Waals surface area contributed by atoms with E-state index in [2.05, 4.69) is 154 Å². The second-order valence-corrected chi connectivity index (χ2v) is 17.4. The van der Waals surface area contributed by atoms with Crippen molar-refractivity contribution in [2.24, 2.45) is 0 Å². The fourth-order valence-electron chi connectivity index (χ4n) is 6.78. The third-order valence-electron chi connectivity index (χ3n) is 10.8. The van der Waals surface area contributed by atoms with E-state index in [1.807, 2.05) is 12.2 Å². The van der Waals surface area contributed by atoms with Crippen LogP contribution >= 0.6 is 0 Å². The molecule has 0 N–H and O–H groups in total. The van der Waals surface area contributed by atoms with Crippen LogP contribution in [0.25, 0.3) is 0 Å². The molecule has 0 rings (SSSR count). The molecule has 0 amide bonds. The number of carbonyl (C=O) groups excluding carboxylic acids is 3. The standard InChI is InChI=1S/C63H98O6/c1-4-7-10-13-16-19-22-25-27-29-31-33-35-38-41-44-47-50-53-56-62(65)68-59-60(58-67-61(64)55-52-49-46-43-40-37-24-21-18-15-12-9-6-3)69-63(66)57-54-51-48-45-42-39-36-34-32-30-28-26-23-20-17-14-11-8-5-2/h7-8,10-11,16-17,19-20,25-28,31-34,37-42,47,50,60H,4-6,9,12-15,18,21-24,29-30,35-36,43-46,48-49,51-59H2,1-3H3/b10-7-,11-8-,19-16-,20-17-,27-25-,28-26-,33-31-,34-32-,40-37-,41-38-,42-39-,50-47-. The molecular formula is C63H98O6. The molecule has 0 aliphatic heterocycles. The van der Waals surface area contributed by atoms with Crippen molar-refractivity contribution >= 4 is 17.9 Å². The van der Waals surface area contributed by atoms with Crippen LogP contribution in [0.5, 0.6) is 0 Å². The zero-order valence-electron chi connectivity index (χ0n) is 44.0. The molecule has 1 unspecified atom stereocenters. The molecule has 0 aromatic carbocycles. The molecule has 0 heterocycles. The minimum atomic E-state index is -0.839. The fourth-order valence-corrected chi connectivity index (χ4v) is 6.78. The van der Waals surface area contributed by atoms with Gasteiger partial charge in [-0.1, -0.05) is 212 Å². The van der Waals surface area contributed by atoms with Crippen LogP contribution in [0, 0.1) is 0 Å². The van der Waals surface area contributed by atoms with Gasteiger partial charge >= 0.3 is 17.9 Å². The normalized spacial score (nSPS) is 13.3. The summed E-state index contributed by atoms with van der Waals surface area (Å²) in [6, 6.07) is 0. The Hall–Kier alpha value is -4.71. The summed E-state index contributed by atoms with van der Waals surface area (Å²) in [4.78, 5) is 38.0. The zero-order chi connectivity index (χ0) is 50.0. The first kappa shape index (κ1) is 64.3. The van der Waals surface area contributed by atoms with Gasteiger partial charge in [-0.05, 0) is 128 Å². The van der Waals surface area contributed by atoms with Gasteiger partial charge in [0, 0.05) is 19.3 Å². The maximum absolute atomic E-state index is 12.8. The molecule has 0 fully saturated rings. The van der Waals surface area contributed by atoms with Gasteiger partial charge in [-0.3, -0.25) is 14.4 Å². The van der Waals surface area contributed by atoms with Gasteiger partial charge in [0.15, 0.2) is 6.10 Å². The molecule has 6 heteroatoms. The van der Waals surface area contributed by atoms with Gasteiger partial charge in [-0.25, -0.2) is 0 Å². The van der Waals surface area contributed by atoms with E-state index >= 15 is 0 Å². The highest BCUT2D eigenvalue weighted by Crippen LogP contribution is 2.11. The van der Waals surface area contributed by atoms with Gasteiger partial charge in [0.2, 0.25) is 0 Å². The lowest BCUT2D eigenvalue weighted by molar-refractivity contribution is -0.166. The molecular weight excluding hydrogens is 853 g/mol. The van der Waals surface area contributed by atoms with Crippen LogP contribution in [0.2, 0.25) is 0 Å². The summed E-state index contributed by atoms with van der Waals surface area (Å²) in [5, 5.41) is 0. The predicted molar refractivity (Wildman–Crippen MR) is 297 cm³/mol. The van der Waals surface area contributed by atoms with E-state index in [1.54, 1.807) is 0 Å². The summed E-state index contributed by atoms with van der Waals surface area (Å²) in [5.74, 6) is -1.07. The Morgan fingerprint density at radius 2 is 0.594 bits per heavy atom. The van der Waals surface area contributed by atoms with Gasteiger partial charge in [0.05, 0.1) is 0 Å². The second-order valence-electron chi connectivity index (χ2n) is 17.4. The van der Waals surface area contributed by atoms with E-state index in [9.17, 15) is 14.4 Å². The van der Waals surface area contributed by atoms with Gasteiger partial charge in [0.25, 0.3) is 0 Å².